The summed E-state index contributed by atoms with van der Waals surface area (Å²) in [4.78, 5) is 5.40. The van der Waals surface area contributed by atoms with Gasteiger partial charge < -0.3 is 0 Å². The largest absolute Gasteiger partial charge is 0.264 e. The van der Waals surface area contributed by atoms with Gasteiger partial charge in [0.25, 0.3) is 0 Å². The van der Waals surface area contributed by atoms with Gasteiger partial charge in [0.1, 0.15) is 0 Å². The lowest BCUT2D eigenvalue weighted by molar-refractivity contribution is 1.17. The molecule has 2 heterocycles. The summed E-state index contributed by atoms with van der Waals surface area (Å²) in [6.45, 7) is 0. The molecule has 12 heavy (non-hydrogen) atoms. The van der Waals surface area contributed by atoms with E-state index in [4.69, 9.17) is 0 Å². The molecule has 2 rings (SSSR count). The van der Waals surface area contributed by atoms with Crippen molar-refractivity contribution in [1.29, 1.82) is 0 Å². The summed E-state index contributed by atoms with van der Waals surface area (Å²) < 4.78 is 0. The van der Waals surface area contributed by atoms with E-state index in [-0.39, 0.29) is 0 Å². The Bertz CT molecular complexity index is 326. The number of nitrogens with zero attached hydrogens (tertiary/aromatic N) is 1. The van der Waals surface area contributed by atoms with Crippen LogP contribution in [0.3, 0.4) is 0 Å². The van der Waals surface area contributed by atoms with Crippen molar-refractivity contribution in [3.63, 3.8) is 0 Å². The normalized spacial score (nSPS) is 10.0. The first kappa shape index (κ1) is 7.50. The van der Waals surface area contributed by atoms with Gasteiger partial charge in [0.2, 0.25) is 0 Å². The molecule has 0 atom stereocenters. The summed E-state index contributed by atoms with van der Waals surface area (Å²) >= 11 is 1.66. The average Bonchev–Trinajstić information content (AvgIpc) is 2.59. The zero-order valence-electron chi connectivity index (χ0n) is 6.53. The van der Waals surface area contributed by atoms with Crippen molar-refractivity contribution in [2.75, 3.05) is 0 Å². The molecule has 0 aromatic carbocycles. The Morgan fingerprint density at radius 2 is 2.42 bits per heavy atom. The van der Waals surface area contributed by atoms with E-state index in [1.54, 1.807) is 17.5 Å². The Balaban J connectivity index is 2.15. The van der Waals surface area contributed by atoms with Crippen molar-refractivity contribution in [3.8, 4) is 0 Å². The third-order valence-electron chi connectivity index (χ3n) is 1.63. The van der Waals surface area contributed by atoms with Gasteiger partial charge >= 0.3 is 0 Å². The highest BCUT2D eigenvalue weighted by atomic mass is 32.1. The van der Waals surface area contributed by atoms with Gasteiger partial charge in [0.05, 0.1) is 0 Å². The highest BCUT2D eigenvalue weighted by Crippen LogP contribution is 2.12. The number of hydrogen-bond acceptors (Lipinski definition) is 2. The molecule has 2 heteroatoms. The summed E-state index contributed by atoms with van der Waals surface area (Å²) in [5.74, 6) is 0. The molecule has 0 bridgehead atoms. The summed E-state index contributed by atoms with van der Waals surface area (Å²) in [6, 6.07) is 8.10. The van der Waals surface area contributed by atoms with Crippen LogP contribution in [0, 0.1) is 5.38 Å². The zero-order valence-corrected chi connectivity index (χ0v) is 7.34. The molecule has 0 saturated heterocycles. The fraction of sp³-hybridized carbons (Fsp3) is 0.100. The van der Waals surface area contributed by atoms with Crippen LogP contribution < -0.4 is 0 Å². The van der Waals surface area contributed by atoms with Crippen LogP contribution >= 0.6 is 11.3 Å². The molecule has 2 aromatic rings. The maximum Gasteiger partial charge on any atom is 0.0445 e. The average molecular weight is 174 g/mol. The lowest BCUT2D eigenvalue weighted by Gasteiger charge is -1.95. The molecule has 0 aliphatic carbocycles. The van der Waals surface area contributed by atoms with Gasteiger partial charge in [-0.1, -0.05) is 6.07 Å². The molecular weight excluding hydrogens is 166 g/mol. The van der Waals surface area contributed by atoms with Gasteiger partial charge in [0, 0.05) is 29.1 Å². The quantitative estimate of drug-likeness (QED) is 0.681. The van der Waals surface area contributed by atoms with Crippen LogP contribution in [-0.4, -0.2) is 4.98 Å². The van der Waals surface area contributed by atoms with Crippen LogP contribution in [0.1, 0.15) is 10.4 Å². The van der Waals surface area contributed by atoms with Gasteiger partial charge in [-0.25, -0.2) is 0 Å². The molecule has 0 saturated carbocycles. The predicted octanol–water partition coefficient (Wildman–Crippen LogP) is 2.53. The third kappa shape index (κ3) is 1.71. The standard InChI is InChI=1S/C10H8NS/c1-3-9(8-11-5-1)7-10-4-2-6-12-10/h1-5,8H,7H2. The Kier molecular flexibility index (Phi) is 2.19. The highest BCUT2D eigenvalue weighted by Gasteiger charge is 1.95. The molecule has 1 nitrogen and oxygen atoms in total. The van der Waals surface area contributed by atoms with Gasteiger partial charge in [-0.2, -0.15) is 0 Å². The smallest absolute Gasteiger partial charge is 0.0445 e. The van der Waals surface area contributed by atoms with E-state index in [9.17, 15) is 0 Å². The zero-order chi connectivity index (χ0) is 8.23. The van der Waals surface area contributed by atoms with Crippen molar-refractivity contribution >= 4 is 11.3 Å². The van der Waals surface area contributed by atoms with Crippen LogP contribution in [0.15, 0.2) is 36.7 Å². The summed E-state index contributed by atoms with van der Waals surface area (Å²) in [5, 5.41) is 3.07. The molecule has 1 radical (unpaired) electrons. The molecular formula is C10H8NS. The summed E-state index contributed by atoms with van der Waals surface area (Å²) in [5.41, 5.74) is 1.26. The fourth-order valence-corrected chi connectivity index (χ4v) is 1.73. The second kappa shape index (κ2) is 3.50. The monoisotopic (exact) mass is 174 g/mol. The van der Waals surface area contributed by atoms with Crippen LogP contribution in [0.4, 0.5) is 0 Å². The van der Waals surface area contributed by atoms with Crippen molar-refractivity contribution in [2.24, 2.45) is 0 Å². The van der Waals surface area contributed by atoms with Crippen LogP contribution in [0.25, 0.3) is 0 Å². The first-order valence-corrected chi connectivity index (χ1v) is 4.60. The minimum absolute atomic E-state index is 0.974. The minimum atomic E-state index is 0.974. The number of aromatic nitrogens is 1. The van der Waals surface area contributed by atoms with Crippen molar-refractivity contribution in [2.45, 2.75) is 6.42 Å². The lowest BCUT2D eigenvalue weighted by Crippen LogP contribution is -1.84. The minimum Gasteiger partial charge on any atom is -0.264 e. The Morgan fingerprint density at radius 1 is 1.42 bits per heavy atom. The first-order valence-electron chi connectivity index (χ1n) is 3.79. The van der Waals surface area contributed by atoms with E-state index in [1.165, 1.54) is 10.4 Å². The van der Waals surface area contributed by atoms with E-state index >= 15 is 0 Å². The van der Waals surface area contributed by atoms with E-state index in [0.717, 1.165) is 6.42 Å². The molecule has 0 aliphatic heterocycles. The van der Waals surface area contributed by atoms with E-state index in [0.29, 0.717) is 0 Å². The third-order valence-corrected chi connectivity index (χ3v) is 2.42. The second-order valence-corrected chi connectivity index (χ2v) is 3.52. The highest BCUT2D eigenvalue weighted by molar-refractivity contribution is 7.09. The molecule has 0 amide bonds. The Hall–Kier alpha value is -1.15. The van der Waals surface area contributed by atoms with Gasteiger partial charge in [-0.05, 0) is 23.8 Å². The topological polar surface area (TPSA) is 12.9 Å². The number of pyridine rings is 1. The second-order valence-electron chi connectivity index (χ2n) is 2.56. The predicted molar refractivity (Wildman–Crippen MR) is 50.2 cm³/mol. The van der Waals surface area contributed by atoms with Gasteiger partial charge in [-0.15, -0.1) is 11.3 Å². The van der Waals surface area contributed by atoms with Crippen molar-refractivity contribution in [3.05, 3.63) is 52.5 Å². The van der Waals surface area contributed by atoms with E-state index in [2.05, 4.69) is 22.5 Å². The SMILES string of the molecule is [c]1ccc(Cc2cccnc2)s1. The lowest BCUT2D eigenvalue weighted by atomic mass is 10.2. The first-order chi connectivity index (χ1) is 5.95. The van der Waals surface area contributed by atoms with E-state index < -0.39 is 0 Å². The summed E-state index contributed by atoms with van der Waals surface area (Å²) in [6.07, 6.45) is 4.67. The summed E-state index contributed by atoms with van der Waals surface area (Å²) in [7, 11) is 0. The van der Waals surface area contributed by atoms with Gasteiger partial charge in [-0.3, -0.25) is 4.98 Å². The molecule has 0 unspecified atom stereocenters. The molecule has 0 spiro atoms. The molecule has 0 fully saturated rings. The number of hydrogen-bond donors (Lipinski definition) is 0. The Morgan fingerprint density at radius 3 is 3.08 bits per heavy atom. The van der Waals surface area contributed by atoms with Crippen molar-refractivity contribution in [1.82, 2.24) is 4.98 Å². The molecule has 59 valence electrons. The van der Waals surface area contributed by atoms with E-state index in [1.807, 2.05) is 18.3 Å². The number of rotatable bonds is 2. The number of thiophene rings is 1. The van der Waals surface area contributed by atoms with Crippen molar-refractivity contribution < 1.29 is 0 Å². The molecule has 0 aliphatic rings. The maximum absolute atomic E-state index is 4.06. The van der Waals surface area contributed by atoms with Crippen LogP contribution in [0.2, 0.25) is 0 Å². The van der Waals surface area contributed by atoms with Crippen LogP contribution in [0.5, 0.6) is 0 Å². The van der Waals surface area contributed by atoms with Crippen LogP contribution in [-0.2, 0) is 6.42 Å². The molecule has 2 aromatic heterocycles. The molecule has 0 N–H and O–H groups in total. The van der Waals surface area contributed by atoms with Gasteiger partial charge in [0.15, 0.2) is 0 Å². The maximum atomic E-state index is 4.06. The fourth-order valence-electron chi connectivity index (χ4n) is 1.07. The Labute approximate surface area is 75.7 Å².